The molecule has 1 atom stereocenters. The molecule has 1 N–H and O–H groups in total. The Labute approximate surface area is 121 Å². The van der Waals surface area contributed by atoms with Gasteiger partial charge in [-0.15, -0.1) is 0 Å². The van der Waals surface area contributed by atoms with Gasteiger partial charge in [0, 0.05) is 30.5 Å². The SMILES string of the molecule is CN(Cc1nccn1C)CC(O)c1cccc(Br)c1. The number of aliphatic hydroxyl groups is 1. The predicted molar refractivity (Wildman–Crippen MR) is 78.6 cm³/mol. The van der Waals surface area contributed by atoms with E-state index in [-0.39, 0.29) is 0 Å². The molecule has 0 saturated carbocycles. The molecule has 0 saturated heterocycles. The lowest BCUT2D eigenvalue weighted by Crippen LogP contribution is -2.25. The van der Waals surface area contributed by atoms with E-state index in [0.29, 0.717) is 13.1 Å². The molecular weight excluding hydrogens is 306 g/mol. The molecule has 1 aromatic heterocycles. The highest BCUT2D eigenvalue weighted by molar-refractivity contribution is 9.10. The van der Waals surface area contributed by atoms with Gasteiger partial charge in [-0.3, -0.25) is 4.90 Å². The number of aryl methyl sites for hydroxylation is 1. The largest absolute Gasteiger partial charge is 0.387 e. The number of aromatic nitrogens is 2. The average Bonchev–Trinajstić information content (AvgIpc) is 2.75. The van der Waals surface area contributed by atoms with Crippen molar-refractivity contribution in [3.8, 4) is 0 Å². The summed E-state index contributed by atoms with van der Waals surface area (Å²) >= 11 is 3.42. The van der Waals surface area contributed by atoms with Crippen molar-refractivity contribution in [2.75, 3.05) is 13.6 Å². The van der Waals surface area contributed by atoms with E-state index in [4.69, 9.17) is 0 Å². The molecule has 0 aliphatic heterocycles. The summed E-state index contributed by atoms with van der Waals surface area (Å²) in [4.78, 5) is 6.35. The molecule has 0 spiro atoms. The van der Waals surface area contributed by atoms with Crippen LogP contribution in [0.25, 0.3) is 0 Å². The molecule has 0 aliphatic rings. The van der Waals surface area contributed by atoms with Crippen LogP contribution in [0.1, 0.15) is 17.5 Å². The highest BCUT2D eigenvalue weighted by Crippen LogP contribution is 2.19. The van der Waals surface area contributed by atoms with Crippen molar-refractivity contribution in [2.45, 2.75) is 12.6 Å². The maximum absolute atomic E-state index is 10.2. The third-order valence-corrected chi connectivity index (χ3v) is 3.54. The maximum Gasteiger partial charge on any atom is 0.122 e. The third-order valence-electron chi connectivity index (χ3n) is 3.05. The summed E-state index contributed by atoms with van der Waals surface area (Å²) in [6.45, 7) is 1.29. The Kier molecular flexibility index (Phi) is 4.74. The van der Waals surface area contributed by atoms with Crippen molar-refractivity contribution in [3.05, 3.63) is 52.5 Å². The van der Waals surface area contributed by atoms with E-state index in [0.717, 1.165) is 15.9 Å². The van der Waals surface area contributed by atoms with E-state index < -0.39 is 6.10 Å². The van der Waals surface area contributed by atoms with Crippen LogP contribution in [-0.4, -0.2) is 33.1 Å². The van der Waals surface area contributed by atoms with Crippen molar-refractivity contribution in [2.24, 2.45) is 7.05 Å². The van der Waals surface area contributed by atoms with Gasteiger partial charge in [-0.2, -0.15) is 0 Å². The normalized spacial score (nSPS) is 12.9. The number of imidazole rings is 1. The molecule has 0 bridgehead atoms. The first-order chi connectivity index (χ1) is 9.06. The number of likely N-dealkylation sites (N-methyl/N-ethyl adjacent to an activating group) is 1. The molecule has 4 nitrogen and oxygen atoms in total. The van der Waals surface area contributed by atoms with E-state index in [1.54, 1.807) is 6.20 Å². The van der Waals surface area contributed by atoms with Crippen LogP contribution in [0.15, 0.2) is 41.1 Å². The Hall–Kier alpha value is -1.17. The van der Waals surface area contributed by atoms with Gasteiger partial charge in [0.05, 0.1) is 12.6 Å². The van der Waals surface area contributed by atoms with Crippen molar-refractivity contribution in [1.29, 1.82) is 0 Å². The Balaban J connectivity index is 1.95. The van der Waals surface area contributed by atoms with E-state index in [1.807, 2.05) is 49.1 Å². The first-order valence-corrected chi connectivity index (χ1v) is 6.94. The van der Waals surface area contributed by atoms with E-state index >= 15 is 0 Å². The highest BCUT2D eigenvalue weighted by Gasteiger charge is 2.12. The van der Waals surface area contributed by atoms with Gasteiger partial charge >= 0.3 is 0 Å². The predicted octanol–water partition coefficient (Wildman–Crippen LogP) is 2.35. The molecule has 0 fully saturated rings. The maximum atomic E-state index is 10.2. The van der Waals surface area contributed by atoms with Gasteiger partial charge < -0.3 is 9.67 Å². The number of rotatable bonds is 5. The van der Waals surface area contributed by atoms with Crippen LogP contribution in [0.3, 0.4) is 0 Å². The van der Waals surface area contributed by atoms with Gasteiger partial charge in [0.25, 0.3) is 0 Å². The minimum absolute atomic E-state index is 0.497. The van der Waals surface area contributed by atoms with Crippen LogP contribution < -0.4 is 0 Å². The van der Waals surface area contributed by atoms with Gasteiger partial charge in [-0.1, -0.05) is 28.1 Å². The number of halogens is 1. The van der Waals surface area contributed by atoms with Crippen LogP contribution in [-0.2, 0) is 13.6 Å². The average molecular weight is 324 g/mol. The fourth-order valence-corrected chi connectivity index (χ4v) is 2.39. The molecule has 19 heavy (non-hydrogen) atoms. The van der Waals surface area contributed by atoms with Crippen molar-refractivity contribution < 1.29 is 5.11 Å². The smallest absolute Gasteiger partial charge is 0.122 e. The van der Waals surface area contributed by atoms with Crippen LogP contribution in [0, 0.1) is 0 Å². The van der Waals surface area contributed by atoms with E-state index in [1.165, 1.54) is 0 Å². The van der Waals surface area contributed by atoms with Gasteiger partial charge in [-0.25, -0.2) is 4.98 Å². The Bertz CT molecular complexity index is 541. The van der Waals surface area contributed by atoms with Crippen LogP contribution in [0.2, 0.25) is 0 Å². The van der Waals surface area contributed by atoms with Gasteiger partial charge in [0.2, 0.25) is 0 Å². The van der Waals surface area contributed by atoms with Crippen LogP contribution in [0.5, 0.6) is 0 Å². The molecule has 0 amide bonds. The lowest BCUT2D eigenvalue weighted by atomic mass is 10.1. The van der Waals surface area contributed by atoms with E-state index in [9.17, 15) is 5.11 Å². The summed E-state index contributed by atoms with van der Waals surface area (Å²) in [7, 11) is 3.96. The van der Waals surface area contributed by atoms with Crippen LogP contribution >= 0.6 is 15.9 Å². The first-order valence-electron chi connectivity index (χ1n) is 6.14. The molecule has 1 heterocycles. The topological polar surface area (TPSA) is 41.3 Å². The number of nitrogens with zero attached hydrogens (tertiary/aromatic N) is 3. The molecule has 1 aromatic carbocycles. The Morgan fingerprint density at radius 2 is 2.26 bits per heavy atom. The quantitative estimate of drug-likeness (QED) is 0.918. The Morgan fingerprint density at radius 1 is 1.47 bits per heavy atom. The molecule has 0 radical (unpaired) electrons. The minimum atomic E-state index is -0.497. The summed E-state index contributed by atoms with van der Waals surface area (Å²) in [5, 5.41) is 10.2. The third kappa shape index (κ3) is 3.89. The number of aliphatic hydroxyl groups excluding tert-OH is 1. The number of benzene rings is 1. The standard InChI is InChI=1S/C14H18BrN3O/c1-17(10-14-16-6-7-18(14)2)9-13(19)11-4-3-5-12(15)8-11/h3-8,13,19H,9-10H2,1-2H3. The second kappa shape index (κ2) is 6.32. The molecule has 0 aliphatic carbocycles. The summed E-state index contributed by atoms with van der Waals surface area (Å²) < 4.78 is 2.97. The van der Waals surface area contributed by atoms with Crippen molar-refractivity contribution in [3.63, 3.8) is 0 Å². The summed E-state index contributed by atoms with van der Waals surface area (Å²) in [5.41, 5.74) is 0.918. The zero-order valence-corrected chi connectivity index (χ0v) is 12.7. The monoisotopic (exact) mass is 323 g/mol. The molecule has 102 valence electrons. The highest BCUT2D eigenvalue weighted by atomic mass is 79.9. The van der Waals surface area contributed by atoms with Crippen LogP contribution in [0.4, 0.5) is 0 Å². The Morgan fingerprint density at radius 3 is 2.89 bits per heavy atom. The lowest BCUT2D eigenvalue weighted by Gasteiger charge is -2.20. The van der Waals surface area contributed by atoms with Crippen molar-refractivity contribution >= 4 is 15.9 Å². The number of hydrogen-bond donors (Lipinski definition) is 1. The van der Waals surface area contributed by atoms with Gasteiger partial charge in [0.15, 0.2) is 0 Å². The lowest BCUT2D eigenvalue weighted by molar-refractivity contribution is 0.122. The fraction of sp³-hybridized carbons (Fsp3) is 0.357. The summed E-state index contributed by atoms with van der Waals surface area (Å²) in [6, 6.07) is 7.76. The van der Waals surface area contributed by atoms with E-state index in [2.05, 4.69) is 25.8 Å². The zero-order valence-electron chi connectivity index (χ0n) is 11.1. The number of hydrogen-bond acceptors (Lipinski definition) is 3. The molecule has 5 heteroatoms. The second-order valence-corrected chi connectivity index (χ2v) is 5.64. The summed E-state index contributed by atoms with van der Waals surface area (Å²) in [6.07, 6.45) is 3.21. The van der Waals surface area contributed by atoms with Gasteiger partial charge in [0.1, 0.15) is 5.82 Å². The fourth-order valence-electron chi connectivity index (χ4n) is 1.97. The zero-order chi connectivity index (χ0) is 13.8. The van der Waals surface area contributed by atoms with Gasteiger partial charge in [-0.05, 0) is 24.7 Å². The van der Waals surface area contributed by atoms with Crippen molar-refractivity contribution in [1.82, 2.24) is 14.5 Å². The first kappa shape index (κ1) is 14.2. The molecule has 2 aromatic rings. The summed E-state index contributed by atoms with van der Waals surface area (Å²) in [5.74, 6) is 0.990. The second-order valence-electron chi connectivity index (χ2n) is 4.72. The minimum Gasteiger partial charge on any atom is -0.387 e. The molecule has 1 unspecified atom stereocenters. The molecule has 2 rings (SSSR count). The molecular formula is C14H18BrN3O.